The Kier molecular flexibility index (Phi) is 5.66. The molecule has 0 bridgehead atoms. The molecule has 1 aromatic heterocycles. The molecule has 0 unspecified atom stereocenters. The largest absolute Gasteiger partial charge is 0.371 e. The number of urea groups is 1. The number of halogens is 1. The highest BCUT2D eigenvalue weighted by molar-refractivity contribution is 5.89. The third kappa shape index (κ3) is 4.39. The van der Waals surface area contributed by atoms with Gasteiger partial charge in [-0.1, -0.05) is 30.3 Å². The van der Waals surface area contributed by atoms with E-state index in [0.29, 0.717) is 36.1 Å². The van der Waals surface area contributed by atoms with E-state index in [-0.39, 0.29) is 36.1 Å². The topological polar surface area (TPSA) is 97.4 Å². The van der Waals surface area contributed by atoms with Crippen molar-refractivity contribution in [3.63, 3.8) is 0 Å². The van der Waals surface area contributed by atoms with E-state index in [1.165, 1.54) is 12.1 Å². The summed E-state index contributed by atoms with van der Waals surface area (Å²) < 4.78 is 25.4. The van der Waals surface area contributed by atoms with Gasteiger partial charge < -0.3 is 25.4 Å². The second-order valence-electron chi connectivity index (χ2n) is 7.69. The number of benzene rings is 2. The molecule has 0 aliphatic carbocycles. The average Bonchev–Trinajstić information content (AvgIpc) is 3.38. The molecule has 3 N–H and O–H groups in total. The first kappa shape index (κ1) is 20.3. The van der Waals surface area contributed by atoms with Crippen LogP contribution in [-0.4, -0.2) is 53.5 Å². The maximum atomic E-state index is 13.6. The van der Waals surface area contributed by atoms with Crippen molar-refractivity contribution in [1.82, 2.24) is 15.3 Å². The zero-order valence-electron chi connectivity index (χ0n) is 17.1. The second kappa shape index (κ2) is 8.89. The summed E-state index contributed by atoms with van der Waals surface area (Å²) >= 11 is 0. The predicted octanol–water partition coefficient (Wildman–Crippen LogP) is 3.05. The van der Waals surface area contributed by atoms with Crippen molar-refractivity contribution in [3.8, 4) is 11.3 Å². The van der Waals surface area contributed by atoms with Gasteiger partial charge in [-0.15, -0.1) is 0 Å². The fourth-order valence-electron chi connectivity index (χ4n) is 4.01. The first-order chi connectivity index (χ1) is 15.7. The molecule has 2 saturated heterocycles. The van der Waals surface area contributed by atoms with E-state index in [9.17, 15) is 9.18 Å². The maximum Gasteiger partial charge on any atom is 0.319 e. The number of anilines is 2. The third-order valence-electron chi connectivity index (χ3n) is 5.49. The van der Waals surface area contributed by atoms with Crippen molar-refractivity contribution in [3.05, 3.63) is 72.7 Å². The number of fused-ring (bicyclic) bond motifs is 1. The van der Waals surface area contributed by atoms with E-state index in [1.807, 2.05) is 30.3 Å². The van der Waals surface area contributed by atoms with Crippen molar-refractivity contribution >= 4 is 17.7 Å². The Hall–Kier alpha value is -3.56. The monoisotopic (exact) mass is 435 g/mol. The Morgan fingerprint density at radius 2 is 1.75 bits per heavy atom. The summed E-state index contributed by atoms with van der Waals surface area (Å²) in [5.41, 5.74) is 1.99. The highest BCUT2D eigenvalue weighted by Crippen LogP contribution is 2.29. The van der Waals surface area contributed by atoms with Gasteiger partial charge in [-0.3, -0.25) is 0 Å². The van der Waals surface area contributed by atoms with Crippen molar-refractivity contribution < 1.29 is 18.7 Å². The summed E-state index contributed by atoms with van der Waals surface area (Å²) in [6.45, 7) is 0.737. The van der Waals surface area contributed by atoms with Crippen LogP contribution >= 0.6 is 0 Å². The molecule has 164 valence electrons. The molecule has 9 heteroatoms. The van der Waals surface area contributed by atoms with Gasteiger partial charge in [-0.05, 0) is 30.3 Å². The van der Waals surface area contributed by atoms with Crippen LogP contribution in [0.2, 0.25) is 0 Å². The highest BCUT2D eigenvalue weighted by atomic mass is 19.1. The molecule has 4 atom stereocenters. The second-order valence-corrected chi connectivity index (χ2v) is 7.69. The lowest BCUT2D eigenvalue weighted by atomic mass is 10.1. The van der Waals surface area contributed by atoms with Crippen LogP contribution in [0.1, 0.15) is 0 Å². The first-order valence-electron chi connectivity index (χ1n) is 10.4. The van der Waals surface area contributed by atoms with Crippen LogP contribution in [0.15, 0.2) is 66.9 Å². The van der Waals surface area contributed by atoms with E-state index >= 15 is 0 Å². The van der Waals surface area contributed by atoms with Gasteiger partial charge in [-0.25, -0.2) is 19.2 Å². The number of aromatic nitrogens is 2. The summed E-state index contributed by atoms with van der Waals surface area (Å²) in [5, 5.41) is 8.98. The molecule has 2 aromatic carbocycles. The number of carbonyl (C=O) groups excluding carboxylic acids is 1. The van der Waals surface area contributed by atoms with Gasteiger partial charge in [0.15, 0.2) is 0 Å². The van der Waals surface area contributed by atoms with Crippen LogP contribution < -0.4 is 16.0 Å². The SMILES string of the molecule is O=C(Nc1ccccc1)N[C@H]1CO[C@H]2[C@@H]1OC[C@@H]2Nc1nccc(-c2cccc(F)c2)n1. The van der Waals surface area contributed by atoms with E-state index in [1.54, 1.807) is 24.4 Å². The Morgan fingerprint density at radius 1 is 0.969 bits per heavy atom. The first-order valence-corrected chi connectivity index (χ1v) is 10.4. The number of nitrogens with zero attached hydrogens (tertiary/aromatic N) is 2. The number of para-hydroxylation sites is 1. The van der Waals surface area contributed by atoms with E-state index in [0.717, 1.165) is 0 Å². The summed E-state index contributed by atoms with van der Waals surface area (Å²) in [5.74, 6) is 0.0831. The minimum absolute atomic E-state index is 0.174. The minimum atomic E-state index is -0.322. The number of amides is 2. The van der Waals surface area contributed by atoms with E-state index in [4.69, 9.17) is 9.47 Å². The molecule has 2 aliphatic heterocycles. The van der Waals surface area contributed by atoms with E-state index in [2.05, 4.69) is 25.9 Å². The van der Waals surface area contributed by atoms with Crippen molar-refractivity contribution in [2.24, 2.45) is 0 Å². The van der Waals surface area contributed by atoms with Gasteiger partial charge in [0.2, 0.25) is 5.95 Å². The molecule has 3 heterocycles. The molecule has 2 amide bonds. The lowest BCUT2D eigenvalue weighted by Crippen LogP contribution is -2.46. The summed E-state index contributed by atoms with van der Waals surface area (Å²) in [4.78, 5) is 21.1. The zero-order chi connectivity index (χ0) is 21.9. The molecule has 2 aliphatic rings. The van der Waals surface area contributed by atoms with Crippen LogP contribution in [-0.2, 0) is 9.47 Å². The summed E-state index contributed by atoms with van der Waals surface area (Å²) in [6.07, 6.45) is 1.09. The smallest absolute Gasteiger partial charge is 0.319 e. The number of ether oxygens (including phenoxy) is 2. The quantitative estimate of drug-likeness (QED) is 0.570. The van der Waals surface area contributed by atoms with Gasteiger partial charge in [0, 0.05) is 17.4 Å². The number of hydrogen-bond donors (Lipinski definition) is 3. The van der Waals surface area contributed by atoms with Gasteiger partial charge in [-0.2, -0.15) is 0 Å². The Morgan fingerprint density at radius 3 is 2.56 bits per heavy atom. The molecule has 8 nitrogen and oxygen atoms in total. The van der Waals surface area contributed by atoms with Crippen LogP contribution in [0, 0.1) is 5.82 Å². The van der Waals surface area contributed by atoms with Crippen molar-refractivity contribution in [2.75, 3.05) is 23.8 Å². The van der Waals surface area contributed by atoms with Crippen LogP contribution in [0.3, 0.4) is 0 Å². The predicted molar refractivity (Wildman–Crippen MR) is 117 cm³/mol. The third-order valence-corrected chi connectivity index (χ3v) is 5.49. The molecule has 32 heavy (non-hydrogen) atoms. The molecule has 3 aromatic rings. The summed E-state index contributed by atoms with van der Waals surface area (Å²) in [6, 6.07) is 16.5. The summed E-state index contributed by atoms with van der Waals surface area (Å²) in [7, 11) is 0. The number of carbonyl (C=O) groups is 1. The Bertz CT molecular complexity index is 1100. The molecular formula is C23H22FN5O3. The Labute approximate surface area is 184 Å². The van der Waals surface area contributed by atoms with Gasteiger partial charge in [0.1, 0.15) is 18.0 Å². The molecule has 2 fully saturated rings. The maximum absolute atomic E-state index is 13.6. The highest BCUT2D eigenvalue weighted by Gasteiger charge is 2.48. The number of nitrogens with one attached hydrogen (secondary N) is 3. The molecule has 5 rings (SSSR count). The zero-order valence-corrected chi connectivity index (χ0v) is 17.1. The molecule has 0 saturated carbocycles. The molecule has 0 radical (unpaired) electrons. The fraction of sp³-hybridized carbons (Fsp3) is 0.261. The molecular weight excluding hydrogens is 413 g/mol. The minimum Gasteiger partial charge on any atom is -0.371 e. The van der Waals surface area contributed by atoms with Crippen molar-refractivity contribution in [2.45, 2.75) is 24.3 Å². The lowest BCUT2D eigenvalue weighted by Gasteiger charge is -2.18. The normalized spacial score (nSPS) is 24.0. The fourth-order valence-corrected chi connectivity index (χ4v) is 4.01. The van der Waals surface area contributed by atoms with E-state index < -0.39 is 0 Å². The number of rotatable bonds is 5. The lowest BCUT2D eigenvalue weighted by molar-refractivity contribution is 0.0683. The average molecular weight is 435 g/mol. The van der Waals surface area contributed by atoms with Gasteiger partial charge in [0.25, 0.3) is 0 Å². The van der Waals surface area contributed by atoms with Crippen LogP contribution in [0.5, 0.6) is 0 Å². The number of hydrogen-bond acceptors (Lipinski definition) is 6. The Balaban J connectivity index is 1.21. The van der Waals surface area contributed by atoms with Crippen molar-refractivity contribution in [1.29, 1.82) is 0 Å². The van der Waals surface area contributed by atoms with Crippen LogP contribution in [0.4, 0.5) is 20.8 Å². The van der Waals surface area contributed by atoms with Crippen LogP contribution in [0.25, 0.3) is 11.3 Å². The molecule has 0 spiro atoms. The van der Waals surface area contributed by atoms with Gasteiger partial charge >= 0.3 is 6.03 Å². The van der Waals surface area contributed by atoms with Gasteiger partial charge in [0.05, 0.1) is 31.0 Å². The standard InChI is InChI=1S/C23H22FN5O3/c24-15-6-4-5-14(11-15)17-9-10-25-22(27-17)28-18-12-31-21-19(13-32-20(18)21)29-23(30)26-16-7-2-1-3-8-16/h1-11,18-21H,12-13H2,(H,25,27,28)(H2,26,29,30)/t18-,19-,20+,21+/m0/s1.